The van der Waals surface area contributed by atoms with Crippen LogP contribution in [-0.4, -0.2) is 30.5 Å². The van der Waals surface area contributed by atoms with Crippen molar-refractivity contribution in [2.24, 2.45) is 0 Å². The van der Waals surface area contributed by atoms with Crippen LogP contribution in [0.3, 0.4) is 0 Å². The molecule has 4 aromatic rings. The van der Waals surface area contributed by atoms with Crippen molar-refractivity contribution >= 4 is 39.5 Å². The molecule has 1 heterocycles. The van der Waals surface area contributed by atoms with Crippen LogP contribution in [0.2, 0.25) is 0 Å². The summed E-state index contributed by atoms with van der Waals surface area (Å²) < 4.78 is 10.4. The van der Waals surface area contributed by atoms with Gasteiger partial charge in [0.05, 0.1) is 7.11 Å². The summed E-state index contributed by atoms with van der Waals surface area (Å²) in [5.41, 5.74) is 3.50. The first-order valence-electron chi connectivity index (χ1n) is 10.1. The quantitative estimate of drug-likeness (QED) is 0.253. The van der Waals surface area contributed by atoms with E-state index >= 15 is 0 Å². The molecule has 1 aromatic heterocycles. The first kappa shape index (κ1) is 20.4. The van der Waals surface area contributed by atoms with Crippen LogP contribution in [-0.2, 0) is 16.0 Å². The predicted octanol–water partition coefficient (Wildman–Crippen LogP) is 5.33. The van der Waals surface area contributed by atoms with Crippen molar-refractivity contribution in [1.29, 1.82) is 0 Å². The summed E-state index contributed by atoms with van der Waals surface area (Å²) in [6, 6.07) is 17.5. The Bertz CT molecular complexity index is 1300. The number of fused-ring (bicyclic) bond motifs is 2. The third-order valence-electron chi connectivity index (χ3n) is 5.31. The highest BCUT2D eigenvalue weighted by Gasteiger charge is 2.15. The Labute approximate surface area is 180 Å². The first-order valence-corrected chi connectivity index (χ1v) is 10.1. The summed E-state index contributed by atoms with van der Waals surface area (Å²) in [5, 5.41) is 2.94. The van der Waals surface area contributed by atoms with E-state index in [1.54, 1.807) is 19.4 Å². The maximum atomic E-state index is 12.6. The highest BCUT2D eigenvalue weighted by molar-refractivity contribution is 6.09. The topological polar surface area (TPSA) is 68.4 Å². The lowest BCUT2D eigenvalue weighted by atomic mass is 10.1. The van der Waals surface area contributed by atoms with Crippen LogP contribution in [0.1, 0.15) is 28.4 Å². The van der Waals surface area contributed by atoms with E-state index < -0.39 is 5.97 Å². The Morgan fingerprint density at radius 1 is 1.03 bits per heavy atom. The number of para-hydroxylation sites is 1. The Hall–Kier alpha value is -3.86. The van der Waals surface area contributed by atoms with Gasteiger partial charge in [0.2, 0.25) is 5.78 Å². The number of ether oxygens (including phenoxy) is 2. The Balaban J connectivity index is 1.40. The third kappa shape index (κ3) is 4.36. The fourth-order valence-corrected chi connectivity index (χ4v) is 3.64. The number of Topliss-reactive ketones (excluding diaryl/α,β-unsaturated/α-hetero) is 1. The van der Waals surface area contributed by atoms with Crippen molar-refractivity contribution < 1.29 is 19.1 Å². The standard InChI is InChI=1S/C26H23NO4/c1-3-18-5-4-6-22-23(15-27-26(18)22)24(28)16-31-25(29)12-8-17-7-9-20-14-21(30-2)11-10-19(20)13-17/h4-15,27H,3,16H2,1-2H3/b12-8+. The van der Waals surface area contributed by atoms with Gasteiger partial charge in [-0.2, -0.15) is 0 Å². The zero-order valence-corrected chi connectivity index (χ0v) is 17.5. The number of aryl methyl sites for hydroxylation is 1. The first-order chi connectivity index (χ1) is 15.1. The minimum Gasteiger partial charge on any atom is -0.497 e. The number of benzene rings is 3. The second kappa shape index (κ2) is 8.88. The number of methoxy groups -OCH3 is 1. The van der Waals surface area contributed by atoms with E-state index in [9.17, 15) is 9.59 Å². The van der Waals surface area contributed by atoms with Crippen molar-refractivity contribution in [2.45, 2.75) is 13.3 Å². The summed E-state index contributed by atoms with van der Waals surface area (Å²) in [4.78, 5) is 27.8. The maximum Gasteiger partial charge on any atom is 0.331 e. The molecule has 0 aliphatic heterocycles. The lowest BCUT2D eigenvalue weighted by molar-refractivity contribution is -0.136. The lowest BCUT2D eigenvalue weighted by Gasteiger charge is -2.04. The van der Waals surface area contributed by atoms with E-state index in [-0.39, 0.29) is 12.4 Å². The molecule has 0 radical (unpaired) electrons. The van der Waals surface area contributed by atoms with Crippen LogP contribution in [0.4, 0.5) is 0 Å². The van der Waals surface area contributed by atoms with Crippen molar-refractivity contribution in [2.75, 3.05) is 13.7 Å². The number of esters is 1. The van der Waals surface area contributed by atoms with Crippen LogP contribution in [0.15, 0.2) is 66.9 Å². The van der Waals surface area contributed by atoms with Crippen LogP contribution in [0, 0.1) is 0 Å². The second-order valence-corrected chi connectivity index (χ2v) is 7.23. The molecule has 0 bridgehead atoms. The van der Waals surface area contributed by atoms with Gasteiger partial charge in [0.1, 0.15) is 5.75 Å². The van der Waals surface area contributed by atoms with Gasteiger partial charge in [-0.3, -0.25) is 4.79 Å². The molecule has 0 saturated heterocycles. The van der Waals surface area contributed by atoms with Gasteiger partial charge in [0.15, 0.2) is 6.61 Å². The molecule has 0 spiro atoms. The van der Waals surface area contributed by atoms with Crippen LogP contribution < -0.4 is 4.74 Å². The number of rotatable bonds is 7. The summed E-state index contributed by atoms with van der Waals surface area (Å²) in [6.45, 7) is 1.77. The number of carbonyl (C=O) groups excluding carboxylic acids is 2. The van der Waals surface area contributed by atoms with Gasteiger partial charge in [-0.1, -0.05) is 43.3 Å². The molecule has 3 aromatic carbocycles. The molecule has 156 valence electrons. The molecule has 1 N–H and O–H groups in total. The number of nitrogens with one attached hydrogen (secondary N) is 1. The van der Waals surface area contributed by atoms with E-state index in [2.05, 4.69) is 11.9 Å². The van der Waals surface area contributed by atoms with E-state index in [0.29, 0.717) is 5.56 Å². The molecule has 5 heteroatoms. The van der Waals surface area contributed by atoms with E-state index in [1.165, 1.54) is 6.08 Å². The molecule has 0 aliphatic rings. The minimum atomic E-state index is -0.558. The van der Waals surface area contributed by atoms with Gasteiger partial charge < -0.3 is 14.5 Å². The number of carbonyl (C=O) groups is 2. The zero-order valence-electron chi connectivity index (χ0n) is 17.5. The fourth-order valence-electron chi connectivity index (χ4n) is 3.64. The number of aromatic amines is 1. The molecule has 0 amide bonds. The van der Waals surface area contributed by atoms with E-state index in [0.717, 1.165) is 45.0 Å². The number of hydrogen-bond acceptors (Lipinski definition) is 4. The predicted molar refractivity (Wildman–Crippen MR) is 123 cm³/mol. The molecule has 5 nitrogen and oxygen atoms in total. The van der Waals surface area contributed by atoms with Crippen molar-refractivity contribution in [3.05, 3.63) is 83.6 Å². The zero-order chi connectivity index (χ0) is 21.8. The van der Waals surface area contributed by atoms with Crippen molar-refractivity contribution in [3.8, 4) is 5.75 Å². The molecule has 0 aliphatic carbocycles. The van der Waals surface area contributed by atoms with Gasteiger partial charge in [0, 0.05) is 28.7 Å². The largest absolute Gasteiger partial charge is 0.497 e. The minimum absolute atomic E-state index is 0.235. The van der Waals surface area contributed by atoms with Crippen LogP contribution >= 0.6 is 0 Å². The second-order valence-electron chi connectivity index (χ2n) is 7.23. The molecule has 0 saturated carbocycles. The number of H-pyrrole nitrogens is 1. The summed E-state index contributed by atoms with van der Waals surface area (Å²) in [6.07, 6.45) is 5.56. The number of ketones is 1. The smallest absolute Gasteiger partial charge is 0.331 e. The fraction of sp³-hybridized carbons (Fsp3) is 0.154. The molecule has 0 atom stereocenters. The average Bonchev–Trinajstić information content (AvgIpc) is 3.25. The van der Waals surface area contributed by atoms with Gasteiger partial charge >= 0.3 is 5.97 Å². The van der Waals surface area contributed by atoms with Crippen molar-refractivity contribution in [1.82, 2.24) is 4.98 Å². The molecule has 4 rings (SSSR count). The molecule has 31 heavy (non-hydrogen) atoms. The normalized spacial score (nSPS) is 11.3. The van der Waals surface area contributed by atoms with Gasteiger partial charge in [-0.25, -0.2) is 4.79 Å². The highest BCUT2D eigenvalue weighted by atomic mass is 16.5. The van der Waals surface area contributed by atoms with Gasteiger partial charge in [0.25, 0.3) is 0 Å². The number of aromatic nitrogens is 1. The maximum absolute atomic E-state index is 12.6. The molecule has 0 unspecified atom stereocenters. The summed E-state index contributed by atoms with van der Waals surface area (Å²) in [7, 11) is 1.63. The van der Waals surface area contributed by atoms with Crippen LogP contribution in [0.25, 0.3) is 27.8 Å². The molecular formula is C26H23NO4. The summed E-state index contributed by atoms with van der Waals surface area (Å²) in [5.74, 6) is 0.00308. The molecule has 0 fully saturated rings. The third-order valence-corrected chi connectivity index (χ3v) is 5.31. The monoisotopic (exact) mass is 413 g/mol. The lowest BCUT2D eigenvalue weighted by Crippen LogP contribution is -2.12. The average molecular weight is 413 g/mol. The Kier molecular flexibility index (Phi) is 5.85. The Morgan fingerprint density at radius 3 is 2.65 bits per heavy atom. The van der Waals surface area contributed by atoms with Crippen LogP contribution in [0.5, 0.6) is 5.75 Å². The number of hydrogen-bond donors (Lipinski definition) is 1. The molecular weight excluding hydrogens is 390 g/mol. The summed E-state index contributed by atoms with van der Waals surface area (Å²) >= 11 is 0. The van der Waals surface area contributed by atoms with Gasteiger partial charge in [-0.05, 0) is 52.6 Å². The van der Waals surface area contributed by atoms with E-state index in [4.69, 9.17) is 9.47 Å². The SMILES string of the molecule is CCc1cccc2c(C(=O)COC(=O)/C=C/c3ccc4cc(OC)ccc4c3)c[nH]c12. The highest BCUT2D eigenvalue weighted by Crippen LogP contribution is 2.23. The van der Waals surface area contributed by atoms with E-state index in [1.807, 2.05) is 54.6 Å². The Morgan fingerprint density at radius 2 is 1.84 bits per heavy atom. The van der Waals surface area contributed by atoms with Gasteiger partial charge in [-0.15, -0.1) is 0 Å². The van der Waals surface area contributed by atoms with Crippen molar-refractivity contribution in [3.63, 3.8) is 0 Å².